The fourth-order valence-corrected chi connectivity index (χ4v) is 1.42. The zero-order chi connectivity index (χ0) is 11.2. The summed E-state index contributed by atoms with van der Waals surface area (Å²) in [5, 5.41) is 0. The van der Waals surface area contributed by atoms with Gasteiger partial charge in [-0.05, 0) is 24.9 Å². The van der Waals surface area contributed by atoms with Crippen molar-refractivity contribution < 1.29 is 4.79 Å². The molecule has 0 aliphatic carbocycles. The molecule has 0 bridgehead atoms. The maximum atomic E-state index is 10.8. The van der Waals surface area contributed by atoms with Gasteiger partial charge in [0.05, 0.1) is 6.54 Å². The van der Waals surface area contributed by atoms with Crippen LogP contribution in [0.25, 0.3) is 0 Å². The molecule has 0 saturated carbocycles. The van der Waals surface area contributed by atoms with Crippen LogP contribution < -0.4 is 11.5 Å². The van der Waals surface area contributed by atoms with Crippen LogP contribution in [-0.2, 0) is 4.79 Å². The van der Waals surface area contributed by atoms with Gasteiger partial charge < -0.3 is 11.5 Å². The number of carbonyl (C=O) groups is 1. The average molecular weight is 201 g/mol. The smallest absolute Gasteiger partial charge is 0.231 e. The van der Waals surface area contributed by atoms with Gasteiger partial charge in [-0.25, -0.2) is 0 Å². The number of rotatable bonds is 7. The predicted molar refractivity (Wildman–Crippen MR) is 58.8 cm³/mol. The van der Waals surface area contributed by atoms with Gasteiger partial charge in [-0.2, -0.15) is 0 Å². The first-order valence-corrected chi connectivity index (χ1v) is 5.12. The second-order valence-corrected chi connectivity index (χ2v) is 4.55. The molecule has 0 fully saturated rings. The maximum absolute atomic E-state index is 10.8. The summed E-state index contributed by atoms with van der Waals surface area (Å²) in [6.45, 7) is 8.94. The molecule has 0 aromatic heterocycles. The van der Waals surface area contributed by atoms with Gasteiger partial charge in [-0.1, -0.05) is 20.8 Å². The molecule has 4 nitrogen and oxygen atoms in total. The van der Waals surface area contributed by atoms with Gasteiger partial charge in [0.25, 0.3) is 0 Å². The van der Waals surface area contributed by atoms with Crippen LogP contribution in [0.15, 0.2) is 0 Å². The summed E-state index contributed by atoms with van der Waals surface area (Å²) in [6, 6.07) is 0. The summed E-state index contributed by atoms with van der Waals surface area (Å²) >= 11 is 0. The highest BCUT2D eigenvalue weighted by Crippen LogP contribution is 2.14. The van der Waals surface area contributed by atoms with Crippen molar-refractivity contribution in [2.45, 2.75) is 27.2 Å². The standard InChI is InChI=1S/C10H23N3O/c1-4-5-13(6-9(12)14)8-10(2,3)7-11/h4-8,11H2,1-3H3,(H2,12,14). The molecule has 4 N–H and O–H groups in total. The summed E-state index contributed by atoms with van der Waals surface area (Å²) in [6.07, 6.45) is 1.02. The van der Waals surface area contributed by atoms with Crippen LogP contribution >= 0.6 is 0 Å². The van der Waals surface area contributed by atoms with E-state index in [1.807, 2.05) is 0 Å². The van der Waals surface area contributed by atoms with E-state index in [-0.39, 0.29) is 11.3 Å². The highest BCUT2D eigenvalue weighted by atomic mass is 16.1. The van der Waals surface area contributed by atoms with Crippen LogP contribution in [0.1, 0.15) is 27.2 Å². The van der Waals surface area contributed by atoms with Crippen molar-refractivity contribution in [3.05, 3.63) is 0 Å². The normalized spacial score (nSPS) is 12.1. The molecule has 0 saturated heterocycles. The Bertz CT molecular complexity index is 180. The number of hydrogen-bond donors (Lipinski definition) is 2. The Morgan fingerprint density at radius 1 is 1.43 bits per heavy atom. The molecule has 0 atom stereocenters. The SMILES string of the molecule is CCCN(CC(N)=O)CC(C)(C)CN. The van der Waals surface area contributed by atoms with Crippen molar-refractivity contribution in [2.24, 2.45) is 16.9 Å². The lowest BCUT2D eigenvalue weighted by Gasteiger charge is -2.30. The van der Waals surface area contributed by atoms with Crippen LogP contribution in [0.2, 0.25) is 0 Å². The maximum Gasteiger partial charge on any atom is 0.231 e. The van der Waals surface area contributed by atoms with Gasteiger partial charge in [0.2, 0.25) is 5.91 Å². The third kappa shape index (κ3) is 5.94. The fraction of sp³-hybridized carbons (Fsp3) is 0.900. The minimum atomic E-state index is -0.272. The topological polar surface area (TPSA) is 72.3 Å². The molecule has 14 heavy (non-hydrogen) atoms. The van der Waals surface area contributed by atoms with E-state index in [1.54, 1.807) is 0 Å². The molecule has 0 radical (unpaired) electrons. The highest BCUT2D eigenvalue weighted by molar-refractivity contribution is 5.75. The first-order valence-electron chi connectivity index (χ1n) is 5.12. The molecular weight excluding hydrogens is 178 g/mol. The lowest BCUT2D eigenvalue weighted by atomic mass is 9.93. The summed E-state index contributed by atoms with van der Waals surface area (Å²) < 4.78 is 0. The molecule has 4 heteroatoms. The summed E-state index contributed by atoms with van der Waals surface area (Å²) in [5.41, 5.74) is 10.9. The first kappa shape index (κ1) is 13.4. The number of amides is 1. The van der Waals surface area contributed by atoms with E-state index in [4.69, 9.17) is 11.5 Å². The Kier molecular flexibility index (Phi) is 5.72. The minimum Gasteiger partial charge on any atom is -0.369 e. The number of primary amides is 1. The van der Waals surface area contributed by atoms with Crippen LogP contribution in [0, 0.1) is 5.41 Å². The lowest BCUT2D eigenvalue weighted by molar-refractivity contribution is -0.119. The van der Waals surface area contributed by atoms with Gasteiger partial charge in [0.1, 0.15) is 0 Å². The van der Waals surface area contributed by atoms with E-state index in [2.05, 4.69) is 25.7 Å². The van der Waals surface area contributed by atoms with Crippen molar-refractivity contribution in [2.75, 3.05) is 26.2 Å². The fourth-order valence-electron chi connectivity index (χ4n) is 1.42. The number of carbonyl (C=O) groups excluding carboxylic acids is 1. The highest BCUT2D eigenvalue weighted by Gasteiger charge is 2.20. The van der Waals surface area contributed by atoms with Crippen LogP contribution in [0.5, 0.6) is 0 Å². The largest absolute Gasteiger partial charge is 0.369 e. The van der Waals surface area contributed by atoms with Gasteiger partial charge in [-0.15, -0.1) is 0 Å². The van der Waals surface area contributed by atoms with E-state index in [1.165, 1.54) is 0 Å². The quantitative estimate of drug-likeness (QED) is 0.616. The number of nitrogens with zero attached hydrogens (tertiary/aromatic N) is 1. The van der Waals surface area contributed by atoms with Crippen molar-refractivity contribution in [1.82, 2.24) is 4.90 Å². The summed E-state index contributed by atoms with van der Waals surface area (Å²) in [7, 11) is 0. The van der Waals surface area contributed by atoms with E-state index >= 15 is 0 Å². The van der Waals surface area contributed by atoms with Crippen molar-refractivity contribution in [1.29, 1.82) is 0 Å². The molecular formula is C10H23N3O. The lowest BCUT2D eigenvalue weighted by Crippen LogP contribution is -2.42. The van der Waals surface area contributed by atoms with Crippen LogP contribution in [-0.4, -0.2) is 37.0 Å². The van der Waals surface area contributed by atoms with E-state index in [0.717, 1.165) is 19.5 Å². The number of hydrogen-bond acceptors (Lipinski definition) is 3. The molecule has 0 spiro atoms. The monoisotopic (exact) mass is 201 g/mol. The average Bonchev–Trinajstić information content (AvgIpc) is 2.03. The third-order valence-corrected chi connectivity index (χ3v) is 2.12. The zero-order valence-corrected chi connectivity index (χ0v) is 9.55. The molecule has 0 aliphatic rings. The summed E-state index contributed by atoms with van der Waals surface area (Å²) in [4.78, 5) is 12.9. The molecule has 0 aromatic carbocycles. The third-order valence-electron chi connectivity index (χ3n) is 2.12. The Morgan fingerprint density at radius 2 is 2.00 bits per heavy atom. The van der Waals surface area contributed by atoms with Crippen LogP contribution in [0.4, 0.5) is 0 Å². The van der Waals surface area contributed by atoms with Gasteiger partial charge >= 0.3 is 0 Å². The Hall–Kier alpha value is -0.610. The molecule has 0 rings (SSSR count). The molecule has 84 valence electrons. The van der Waals surface area contributed by atoms with Crippen molar-refractivity contribution in [3.63, 3.8) is 0 Å². The Labute approximate surface area is 86.6 Å². The molecule has 0 aromatic rings. The first-order chi connectivity index (χ1) is 6.41. The number of nitrogens with two attached hydrogens (primary N) is 2. The van der Waals surface area contributed by atoms with E-state index < -0.39 is 0 Å². The second kappa shape index (κ2) is 5.98. The van der Waals surface area contributed by atoms with Gasteiger partial charge in [0, 0.05) is 6.54 Å². The molecule has 0 aliphatic heterocycles. The summed E-state index contributed by atoms with van der Waals surface area (Å²) in [5.74, 6) is -0.272. The zero-order valence-electron chi connectivity index (χ0n) is 9.55. The minimum absolute atomic E-state index is 0.0463. The molecule has 1 amide bonds. The predicted octanol–water partition coefficient (Wildman–Crippen LogP) is 0.169. The van der Waals surface area contributed by atoms with E-state index in [0.29, 0.717) is 13.1 Å². The second-order valence-electron chi connectivity index (χ2n) is 4.55. The molecule has 0 unspecified atom stereocenters. The van der Waals surface area contributed by atoms with E-state index in [9.17, 15) is 4.79 Å². The van der Waals surface area contributed by atoms with Crippen molar-refractivity contribution in [3.8, 4) is 0 Å². The Balaban J connectivity index is 4.14. The molecule has 0 heterocycles. The van der Waals surface area contributed by atoms with Gasteiger partial charge in [0.15, 0.2) is 0 Å². The van der Waals surface area contributed by atoms with Crippen LogP contribution in [0.3, 0.4) is 0 Å². The Morgan fingerprint density at radius 3 is 2.36 bits per heavy atom. The van der Waals surface area contributed by atoms with Gasteiger partial charge in [-0.3, -0.25) is 9.69 Å². The van der Waals surface area contributed by atoms with Crippen molar-refractivity contribution >= 4 is 5.91 Å².